The van der Waals surface area contributed by atoms with Gasteiger partial charge in [0.05, 0.1) is 11.3 Å². The van der Waals surface area contributed by atoms with Gasteiger partial charge in [0.2, 0.25) is 5.91 Å². The number of nitrogens with zero attached hydrogens (tertiary/aromatic N) is 1. The first-order chi connectivity index (χ1) is 12.1. The van der Waals surface area contributed by atoms with Gasteiger partial charge in [-0.15, -0.1) is 0 Å². The summed E-state index contributed by atoms with van der Waals surface area (Å²) in [5.41, 5.74) is -0.837. The first kappa shape index (κ1) is 19.7. The van der Waals surface area contributed by atoms with Crippen molar-refractivity contribution in [2.45, 2.75) is 30.8 Å². The van der Waals surface area contributed by atoms with Gasteiger partial charge < -0.3 is 5.32 Å². The number of amides is 1. The van der Waals surface area contributed by atoms with E-state index < -0.39 is 27.7 Å². The molecule has 1 aromatic carbocycles. The van der Waals surface area contributed by atoms with Gasteiger partial charge in [0, 0.05) is 24.5 Å². The van der Waals surface area contributed by atoms with Gasteiger partial charge in [-0.25, -0.2) is 13.1 Å². The van der Waals surface area contributed by atoms with Crippen LogP contribution in [0.15, 0.2) is 47.6 Å². The highest BCUT2D eigenvalue weighted by Crippen LogP contribution is 2.32. The summed E-state index contributed by atoms with van der Waals surface area (Å²) in [5, 5.41) is 2.63. The highest BCUT2D eigenvalue weighted by molar-refractivity contribution is 7.90. The number of nitrogens with one attached hydrogen (secondary N) is 2. The molecule has 0 spiro atoms. The second kappa shape index (κ2) is 7.73. The molecule has 2 rings (SSSR count). The number of aromatic nitrogens is 1. The van der Waals surface area contributed by atoms with E-state index in [1.165, 1.54) is 24.4 Å². The van der Waals surface area contributed by atoms with E-state index in [-0.39, 0.29) is 22.7 Å². The number of hydrogen-bond donors (Lipinski definition) is 2. The van der Waals surface area contributed by atoms with Crippen LogP contribution >= 0.6 is 0 Å². The zero-order valence-electron chi connectivity index (χ0n) is 13.7. The van der Waals surface area contributed by atoms with Gasteiger partial charge >= 0.3 is 6.18 Å². The van der Waals surface area contributed by atoms with Gasteiger partial charge in [-0.05, 0) is 30.7 Å². The minimum atomic E-state index is -4.53. The molecule has 0 fully saturated rings. The Morgan fingerprint density at radius 3 is 2.62 bits per heavy atom. The Balaban J connectivity index is 2.34. The van der Waals surface area contributed by atoms with Crippen LogP contribution in [0.3, 0.4) is 0 Å². The molecule has 6 nitrogen and oxygen atoms in total. The molecule has 0 aliphatic heterocycles. The van der Waals surface area contributed by atoms with Crippen molar-refractivity contribution in [3.8, 4) is 0 Å². The van der Waals surface area contributed by atoms with Gasteiger partial charge in [0.15, 0.2) is 0 Å². The lowest BCUT2D eigenvalue weighted by Crippen LogP contribution is -2.30. The minimum absolute atomic E-state index is 0.00359. The van der Waals surface area contributed by atoms with Crippen LogP contribution in [0.4, 0.5) is 24.5 Å². The summed E-state index contributed by atoms with van der Waals surface area (Å²) in [6, 6.07) is 5.61. The summed E-state index contributed by atoms with van der Waals surface area (Å²) in [7, 11) is -4.22. The first-order valence-electron chi connectivity index (χ1n) is 7.57. The van der Waals surface area contributed by atoms with Crippen LogP contribution in [-0.4, -0.2) is 19.3 Å². The second-order valence-corrected chi connectivity index (χ2v) is 7.00. The van der Waals surface area contributed by atoms with Gasteiger partial charge in [-0.3, -0.25) is 9.78 Å². The third-order valence-electron chi connectivity index (χ3n) is 3.27. The Morgan fingerprint density at radius 2 is 1.96 bits per heavy atom. The van der Waals surface area contributed by atoms with E-state index in [1.807, 2.05) is 4.72 Å². The molecule has 140 valence electrons. The number of pyridine rings is 1. The lowest BCUT2D eigenvalue weighted by atomic mass is 10.2. The maximum atomic E-state index is 12.8. The van der Waals surface area contributed by atoms with E-state index in [9.17, 15) is 26.4 Å². The molecule has 1 amide bonds. The number of carbonyl (C=O) groups excluding carboxylic acids is 1. The number of hydrogen-bond acceptors (Lipinski definition) is 5. The van der Waals surface area contributed by atoms with Crippen molar-refractivity contribution in [3.05, 3.63) is 48.3 Å². The molecule has 0 bridgehead atoms. The summed E-state index contributed by atoms with van der Waals surface area (Å²) in [5.74, 6) is -0.679. The number of benzene rings is 1. The molecule has 2 N–H and O–H groups in total. The van der Waals surface area contributed by atoms with Crippen LogP contribution in [0.5, 0.6) is 0 Å². The molecule has 0 unspecified atom stereocenters. The van der Waals surface area contributed by atoms with Crippen molar-refractivity contribution < 1.29 is 26.4 Å². The van der Waals surface area contributed by atoms with Crippen molar-refractivity contribution in [3.63, 3.8) is 0 Å². The molecule has 1 heterocycles. The number of alkyl halides is 3. The fourth-order valence-electron chi connectivity index (χ4n) is 2.11. The van der Waals surface area contributed by atoms with Crippen LogP contribution in [0.1, 0.15) is 25.3 Å². The zero-order valence-corrected chi connectivity index (χ0v) is 14.5. The smallest absolute Gasteiger partial charge is 0.354 e. The van der Waals surface area contributed by atoms with Gasteiger partial charge in [0.1, 0.15) is 4.90 Å². The number of halogens is 3. The number of sulfonamides is 1. The Hall–Kier alpha value is -2.62. The molecule has 0 atom stereocenters. The predicted molar refractivity (Wildman–Crippen MR) is 89.2 cm³/mol. The third kappa shape index (κ3) is 4.94. The highest BCUT2D eigenvalue weighted by Gasteiger charge is 2.30. The fraction of sp³-hybridized carbons (Fsp3) is 0.250. The number of rotatable bonds is 6. The van der Waals surface area contributed by atoms with Gasteiger partial charge in [-0.2, -0.15) is 13.2 Å². The summed E-state index contributed by atoms with van der Waals surface area (Å²) in [6.45, 7) is 1.72. The first-order valence-corrected chi connectivity index (χ1v) is 9.05. The highest BCUT2D eigenvalue weighted by atomic mass is 32.2. The third-order valence-corrected chi connectivity index (χ3v) is 4.67. The fourth-order valence-corrected chi connectivity index (χ4v) is 3.23. The van der Waals surface area contributed by atoms with Crippen LogP contribution in [-0.2, 0) is 21.0 Å². The quantitative estimate of drug-likeness (QED) is 0.793. The molecule has 0 radical (unpaired) electrons. The molecular weight excluding hydrogens is 371 g/mol. The Bertz CT molecular complexity index is 899. The van der Waals surface area contributed by atoms with E-state index in [1.54, 1.807) is 6.92 Å². The van der Waals surface area contributed by atoms with Crippen molar-refractivity contribution in [2.75, 3.05) is 5.32 Å². The van der Waals surface area contributed by atoms with Crippen molar-refractivity contribution in [2.24, 2.45) is 0 Å². The standard InChI is InChI=1S/C16H16F3N3O3S/c1-2-4-15(23)22-26(24,25)14-10-20-8-7-13(14)21-12-6-3-5-11(9-12)16(17,18)19/h3,5-10H,2,4H2,1H3,(H,20,21)(H,22,23). The van der Waals surface area contributed by atoms with E-state index in [0.29, 0.717) is 6.42 Å². The predicted octanol–water partition coefficient (Wildman–Crippen LogP) is 3.45. The molecule has 26 heavy (non-hydrogen) atoms. The molecule has 2 aromatic rings. The van der Waals surface area contributed by atoms with Crippen molar-refractivity contribution in [1.82, 2.24) is 9.71 Å². The lowest BCUT2D eigenvalue weighted by Gasteiger charge is -2.14. The zero-order chi connectivity index (χ0) is 19.4. The minimum Gasteiger partial charge on any atom is -0.354 e. The van der Waals surface area contributed by atoms with Gasteiger partial charge in [-0.1, -0.05) is 13.0 Å². The molecule has 0 aliphatic rings. The molecule has 0 saturated carbocycles. The largest absolute Gasteiger partial charge is 0.416 e. The molecule has 0 saturated heterocycles. The van der Waals surface area contributed by atoms with Crippen molar-refractivity contribution in [1.29, 1.82) is 0 Å². The van der Waals surface area contributed by atoms with Crippen LogP contribution in [0.25, 0.3) is 0 Å². The summed E-state index contributed by atoms with van der Waals surface area (Å²) in [6.07, 6.45) is -1.75. The maximum absolute atomic E-state index is 12.8. The molecule has 0 aliphatic carbocycles. The van der Waals surface area contributed by atoms with E-state index in [2.05, 4.69) is 10.3 Å². The van der Waals surface area contributed by atoms with E-state index in [0.717, 1.165) is 18.3 Å². The van der Waals surface area contributed by atoms with Crippen LogP contribution in [0.2, 0.25) is 0 Å². The van der Waals surface area contributed by atoms with E-state index >= 15 is 0 Å². The van der Waals surface area contributed by atoms with Crippen LogP contribution in [0, 0.1) is 0 Å². The Kier molecular flexibility index (Phi) is 5.86. The SMILES string of the molecule is CCCC(=O)NS(=O)(=O)c1cnccc1Nc1cccc(C(F)(F)F)c1. The molecule has 1 aromatic heterocycles. The van der Waals surface area contributed by atoms with Crippen LogP contribution < -0.4 is 10.0 Å². The average molecular weight is 387 g/mol. The monoisotopic (exact) mass is 387 g/mol. The van der Waals surface area contributed by atoms with E-state index in [4.69, 9.17) is 0 Å². The second-order valence-electron chi connectivity index (χ2n) is 5.35. The normalized spacial score (nSPS) is 11.8. The molecule has 10 heteroatoms. The Labute approximate surface area is 148 Å². The number of anilines is 2. The summed E-state index contributed by atoms with van der Waals surface area (Å²) in [4.78, 5) is 15.0. The topological polar surface area (TPSA) is 88.2 Å². The summed E-state index contributed by atoms with van der Waals surface area (Å²) < 4.78 is 65.1. The lowest BCUT2D eigenvalue weighted by molar-refractivity contribution is -0.137. The Morgan fingerprint density at radius 1 is 1.23 bits per heavy atom. The summed E-state index contributed by atoms with van der Waals surface area (Å²) >= 11 is 0. The maximum Gasteiger partial charge on any atom is 0.416 e. The van der Waals surface area contributed by atoms with Gasteiger partial charge in [0.25, 0.3) is 10.0 Å². The average Bonchev–Trinajstić information content (AvgIpc) is 2.54. The van der Waals surface area contributed by atoms with Crippen molar-refractivity contribution >= 4 is 27.3 Å². The number of carbonyl (C=O) groups is 1. The molecular formula is C16H16F3N3O3S.